The highest BCUT2D eigenvalue weighted by Crippen LogP contribution is 1.94. The Morgan fingerprint density at radius 3 is 2.00 bits per heavy atom. The second-order valence-corrected chi connectivity index (χ2v) is 2.85. The smallest absolute Gasteiger partial charge is 0.335 e. The molecule has 11 heavy (non-hydrogen) atoms. The molecule has 0 aliphatic rings. The van der Waals surface area contributed by atoms with Crippen molar-refractivity contribution in [2.75, 3.05) is 0 Å². The second kappa shape index (κ2) is 4.72. The molecular formula is C9H14O2. The van der Waals surface area contributed by atoms with E-state index in [1.807, 2.05) is 27.7 Å². The SMILES string of the molecule is CC(C)=COC(=O)C=C(C)C. The molecular weight excluding hydrogens is 140 g/mol. The number of carbonyl (C=O) groups excluding carboxylic acids is 1. The van der Waals surface area contributed by atoms with E-state index in [1.165, 1.54) is 12.3 Å². The molecule has 0 heterocycles. The lowest BCUT2D eigenvalue weighted by Crippen LogP contribution is -1.94. The molecule has 0 saturated carbocycles. The van der Waals surface area contributed by atoms with Gasteiger partial charge in [-0.05, 0) is 33.3 Å². The fraction of sp³-hybridized carbons (Fsp3) is 0.444. The molecule has 0 N–H and O–H groups in total. The zero-order chi connectivity index (χ0) is 8.85. The molecule has 2 heteroatoms. The molecule has 0 bridgehead atoms. The third-order valence-corrected chi connectivity index (χ3v) is 0.817. The van der Waals surface area contributed by atoms with Gasteiger partial charge in [0.2, 0.25) is 0 Å². The van der Waals surface area contributed by atoms with Crippen LogP contribution < -0.4 is 0 Å². The summed E-state index contributed by atoms with van der Waals surface area (Å²) in [6.45, 7) is 7.44. The van der Waals surface area contributed by atoms with E-state index in [0.717, 1.165) is 11.1 Å². The summed E-state index contributed by atoms with van der Waals surface area (Å²) in [5.74, 6) is -0.314. The summed E-state index contributed by atoms with van der Waals surface area (Å²) in [5, 5.41) is 0. The van der Waals surface area contributed by atoms with Crippen LogP contribution in [0.15, 0.2) is 23.5 Å². The average molecular weight is 154 g/mol. The Balaban J connectivity index is 3.91. The first kappa shape index (κ1) is 9.95. The lowest BCUT2D eigenvalue weighted by Gasteiger charge is -1.94. The fourth-order valence-electron chi connectivity index (χ4n) is 0.446. The highest BCUT2D eigenvalue weighted by molar-refractivity contribution is 5.83. The normalized spacial score (nSPS) is 8.36. The summed E-state index contributed by atoms with van der Waals surface area (Å²) in [6, 6.07) is 0. The third kappa shape index (κ3) is 6.84. The van der Waals surface area contributed by atoms with Crippen LogP contribution in [-0.4, -0.2) is 5.97 Å². The van der Waals surface area contributed by atoms with E-state index < -0.39 is 0 Å². The van der Waals surface area contributed by atoms with Crippen LogP contribution >= 0.6 is 0 Å². The molecule has 0 unspecified atom stereocenters. The Labute approximate surface area is 67.6 Å². The van der Waals surface area contributed by atoms with E-state index in [9.17, 15) is 4.79 Å². The lowest BCUT2D eigenvalue weighted by atomic mass is 10.3. The van der Waals surface area contributed by atoms with Crippen molar-refractivity contribution in [3.8, 4) is 0 Å². The van der Waals surface area contributed by atoms with Crippen LogP contribution in [0.3, 0.4) is 0 Å². The highest BCUT2D eigenvalue weighted by atomic mass is 16.5. The van der Waals surface area contributed by atoms with Crippen molar-refractivity contribution in [3.63, 3.8) is 0 Å². The van der Waals surface area contributed by atoms with E-state index in [-0.39, 0.29) is 5.97 Å². The van der Waals surface area contributed by atoms with E-state index >= 15 is 0 Å². The van der Waals surface area contributed by atoms with Gasteiger partial charge in [-0.2, -0.15) is 0 Å². The molecule has 0 atom stereocenters. The average Bonchev–Trinajstić information content (AvgIpc) is 1.82. The third-order valence-electron chi connectivity index (χ3n) is 0.817. The summed E-state index contributed by atoms with van der Waals surface area (Å²) in [5.41, 5.74) is 1.91. The summed E-state index contributed by atoms with van der Waals surface area (Å²) in [6.07, 6.45) is 2.90. The predicted octanol–water partition coefficient (Wildman–Crippen LogP) is 2.42. The molecule has 0 aromatic carbocycles. The number of hydrogen-bond acceptors (Lipinski definition) is 2. The van der Waals surface area contributed by atoms with Gasteiger partial charge >= 0.3 is 5.97 Å². The molecule has 0 rings (SSSR count). The molecule has 0 aliphatic heterocycles. The van der Waals surface area contributed by atoms with E-state index in [4.69, 9.17) is 4.74 Å². The number of ether oxygens (including phenoxy) is 1. The molecule has 0 amide bonds. The molecule has 0 spiro atoms. The zero-order valence-corrected chi connectivity index (χ0v) is 7.47. The molecule has 0 radical (unpaired) electrons. The van der Waals surface area contributed by atoms with E-state index in [1.54, 1.807) is 0 Å². The van der Waals surface area contributed by atoms with Crippen LogP contribution in [0.25, 0.3) is 0 Å². The number of rotatable bonds is 2. The van der Waals surface area contributed by atoms with Crippen molar-refractivity contribution in [1.82, 2.24) is 0 Å². The van der Waals surface area contributed by atoms with Crippen molar-refractivity contribution in [1.29, 1.82) is 0 Å². The number of allylic oxidation sites excluding steroid dienone is 2. The maximum Gasteiger partial charge on any atom is 0.335 e. The highest BCUT2D eigenvalue weighted by Gasteiger charge is 1.93. The van der Waals surface area contributed by atoms with Gasteiger partial charge in [0.15, 0.2) is 0 Å². The van der Waals surface area contributed by atoms with Gasteiger partial charge in [0.1, 0.15) is 0 Å². The van der Waals surface area contributed by atoms with Gasteiger partial charge in [0.05, 0.1) is 6.26 Å². The maximum atomic E-state index is 10.8. The number of esters is 1. The van der Waals surface area contributed by atoms with Crippen LogP contribution in [-0.2, 0) is 9.53 Å². The Morgan fingerprint density at radius 1 is 1.09 bits per heavy atom. The Kier molecular flexibility index (Phi) is 4.27. The summed E-state index contributed by atoms with van der Waals surface area (Å²) in [7, 11) is 0. The molecule has 0 aromatic heterocycles. The lowest BCUT2D eigenvalue weighted by molar-refractivity contribution is -0.132. The minimum absolute atomic E-state index is 0.314. The topological polar surface area (TPSA) is 26.3 Å². The van der Waals surface area contributed by atoms with Gasteiger partial charge in [-0.3, -0.25) is 0 Å². The van der Waals surface area contributed by atoms with Gasteiger partial charge in [0, 0.05) is 6.08 Å². The Morgan fingerprint density at radius 2 is 1.64 bits per heavy atom. The second-order valence-electron chi connectivity index (χ2n) is 2.85. The van der Waals surface area contributed by atoms with Crippen molar-refractivity contribution in [2.45, 2.75) is 27.7 Å². The fourth-order valence-corrected chi connectivity index (χ4v) is 0.446. The van der Waals surface area contributed by atoms with Gasteiger partial charge in [-0.25, -0.2) is 4.79 Å². The minimum Gasteiger partial charge on any atom is -0.431 e. The summed E-state index contributed by atoms with van der Waals surface area (Å²) in [4.78, 5) is 10.8. The van der Waals surface area contributed by atoms with Gasteiger partial charge in [-0.15, -0.1) is 0 Å². The number of hydrogen-bond donors (Lipinski definition) is 0. The van der Waals surface area contributed by atoms with Crippen LogP contribution in [0.1, 0.15) is 27.7 Å². The predicted molar refractivity (Wildman–Crippen MR) is 45.0 cm³/mol. The Hall–Kier alpha value is -1.05. The first-order valence-electron chi connectivity index (χ1n) is 3.51. The van der Waals surface area contributed by atoms with Crippen molar-refractivity contribution < 1.29 is 9.53 Å². The van der Waals surface area contributed by atoms with Crippen LogP contribution in [0.2, 0.25) is 0 Å². The molecule has 0 aromatic rings. The van der Waals surface area contributed by atoms with Gasteiger partial charge in [-0.1, -0.05) is 5.57 Å². The van der Waals surface area contributed by atoms with E-state index in [0.29, 0.717) is 0 Å². The van der Waals surface area contributed by atoms with E-state index in [2.05, 4.69) is 0 Å². The first-order valence-corrected chi connectivity index (χ1v) is 3.51. The van der Waals surface area contributed by atoms with Gasteiger partial charge < -0.3 is 4.74 Å². The van der Waals surface area contributed by atoms with Crippen LogP contribution in [0.5, 0.6) is 0 Å². The largest absolute Gasteiger partial charge is 0.431 e. The first-order chi connectivity index (χ1) is 5.02. The monoisotopic (exact) mass is 154 g/mol. The van der Waals surface area contributed by atoms with Crippen LogP contribution in [0.4, 0.5) is 0 Å². The quantitative estimate of drug-likeness (QED) is 0.347. The van der Waals surface area contributed by atoms with Crippen molar-refractivity contribution >= 4 is 5.97 Å². The zero-order valence-electron chi connectivity index (χ0n) is 7.47. The summed E-state index contributed by atoms with van der Waals surface area (Å²) < 4.78 is 4.74. The van der Waals surface area contributed by atoms with Crippen molar-refractivity contribution in [2.24, 2.45) is 0 Å². The minimum atomic E-state index is -0.314. The Bertz CT molecular complexity index is 192. The summed E-state index contributed by atoms with van der Waals surface area (Å²) >= 11 is 0. The molecule has 0 saturated heterocycles. The number of carbonyl (C=O) groups is 1. The molecule has 62 valence electrons. The van der Waals surface area contributed by atoms with Crippen LogP contribution in [0, 0.1) is 0 Å². The maximum absolute atomic E-state index is 10.8. The molecule has 0 fully saturated rings. The van der Waals surface area contributed by atoms with Crippen molar-refractivity contribution in [3.05, 3.63) is 23.5 Å². The molecule has 0 aliphatic carbocycles. The standard InChI is InChI=1S/C9H14O2/c1-7(2)5-9(10)11-6-8(3)4/h5-6H,1-4H3. The molecule has 2 nitrogen and oxygen atoms in total. The van der Waals surface area contributed by atoms with Gasteiger partial charge in [0.25, 0.3) is 0 Å².